The van der Waals surface area contributed by atoms with Gasteiger partial charge in [0.25, 0.3) is 0 Å². The third kappa shape index (κ3) is 5.12. The topological polar surface area (TPSA) is 113 Å². The van der Waals surface area contributed by atoms with E-state index in [4.69, 9.17) is 38.7 Å². The fourth-order valence-corrected chi connectivity index (χ4v) is 7.83. The lowest BCUT2D eigenvalue weighted by Crippen LogP contribution is -2.11. The Balaban J connectivity index is 1.17. The molecule has 12 rings (SSSR count). The number of benzene rings is 7. The number of para-hydroxylation sites is 8. The van der Waals surface area contributed by atoms with Gasteiger partial charge in [-0.05, 0) is 66.7 Å². The van der Waals surface area contributed by atoms with Gasteiger partial charge in [-0.3, -0.25) is 9.13 Å². The monoisotopic (exact) mass is 748 g/mol. The summed E-state index contributed by atoms with van der Waals surface area (Å²) in [6, 6.07) is 56.2. The number of rotatable bonds is 6. The zero-order valence-electron chi connectivity index (χ0n) is 30.6. The molecule has 0 saturated carbocycles. The van der Waals surface area contributed by atoms with Crippen LogP contribution in [0.4, 0.5) is 0 Å². The molecule has 58 heavy (non-hydrogen) atoms. The molecular formula is C48H28N8O2. The molecule has 0 N–H and O–H groups in total. The molecule has 5 heterocycles. The van der Waals surface area contributed by atoms with Crippen molar-refractivity contribution in [2.75, 3.05) is 0 Å². The average Bonchev–Trinajstić information content (AvgIpc) is 4.08. The standard InChI is InChI=1S/C48H28N8O2/c1-2-14-29(15-3-1)44-49-35-18-6-11-23-40(35)56(44)48-53-43(52-47(54-48)55-38-21-9-4-16-33(38)34-17-5-10-22-39(34)55)30-26-31(45-50-36-19-7-12-24-41(36)57-45)28-32(27-30)46-51-37-20-8-13-25-42(37)58-46/h1-28H. The number of hydrogen-bond donors (Lipinski definition) is 0. The largest absolute Gasteiger partial charge is 0.436 e. The second kappa shape index (κ2) is 12.7. The first-order valence-corrected chi connectivity index (χ1v) is 18.9. The van der Waals surface area contributed by atoms with Crippen LogP contribution >= 0.6 is 0 Å². The first kappa shape index (κ1) is 32.0. The molecule has 0 bridgehead atoms. The molecule has 7 aromatic carbocycles. The van der Waals surface area contributed by atoms with Gasteiger partial charge in [-0.1, -0.05) is 103 Å². The highest BCUT2D eigenvalue weighted by molar-refractivity contribution is 6.09. The zero-order valence-corrected chi connectivity index (χ0v) is 30.6. The number of fused-ring (bicyclic) bond motifs is 6. The molecule has 0 amide bonds. The smallest absolute Gasteiger partial charge is 0.241 e. The van der Waals surface area contributed by atoms with Crippen molar-refractivity contribution in [2.45, 2.75) is 0 Å². The first-order valence-electron chi connectivity index (χ1n) is 18.9. The van der Waals surface area contributed by atoms with Crippen LogP contribution in [0.5, 0.6) is 0 Å². The maximum atomic E-state index is 6.34. The molecule has 272 valence electrons. The highest BCUT2D eigenvalue weighted by atomic mass is 16.4. The number of nitrogens with zero attached hydrogens (tertiary/aromatic N) is 8. The first-order chi connectivity index (χ1) is 28.7. The van der Waals surface area contributed by atoms with Crippen molar-refractivity contribution >= 4 is 55.0 Å². The molecular weight excluding hydrogens is 721 g/mol. The van der Waals surface area contributed by atoms with Crippen LogP contribution in [0.1, 0.15) is 0 Å². The maximum absolute atomic E-state index is 6.34. The fraction of sp³-hybridized carbons (Fsp3) is 0. The summed E-state index contributed by atoms with van der Waals surface area (Å²) in [5.41, 5.74) is 9.53. The molecule has 0 aliphatic carbocycles. The van der Waals surface area contributed by atoms with E-state index in [1.807, 2.05) is 138 Å². The Morgan fingerprint density at radius 1 is 0.345 bits per heavy atom. The van der Waals surface area contributed by atoms with E-state index in [0.29, 0.717) is 63.2 Å². The summed E-state index contributed by atoms with van der Waals surface area (Å²) in [6.45, 7) is 0. The molecule has 10 heteroatoms. The third-order valence-electron chi connectivity index (χ3n) is 10.5. The van der Waals surface area contributed by atoms with Crippen LogP contribution in [0.25, 0.3) is 113 Å². The molecule has 10 nitrogen and oxygen atoms in total. The van der Waals surface area contributed by atoms with E-state index in [1.165, 1.54) is 0 Å². The van der Waals surface area contributed by atoms with Gasteiger partial charge in [-0.2, -0.15) is 15.0 Å². The van der Waals surface area contributed by atoms with Crippen molar-refractivity contribution in [1.82, 2.24) is 39.0 Å². The summed E-state index contributed by atoms with van der Waals surface area (Å²) < 4.78 is 16.8. The Morgan fingerprint density at radius 3 is 1.43 bits per heavy atom. The van der Waals surface area contributed by atoms with Crippen LogP contribution in [0.2, 0.25) is 0 Å². The van der Waals surface area contributed by atoms with Crippen LogP contribution in [-0.2, 0) is 0 Å². The van der Waals surface area contributed by atoms with Gasteiger partial charge in [0.15, 0.2) is 17.0 Å². The second-order valence-electron chi connectivity index (χ2n) is 14.0. The molecule has 0 fully saturated rings. The van der Waals surface area contributed by atoms with Gasteiger partial charge in [0.2, 0.25) is 23.7 Å². The van der Waals surface area contributed by atoms with Crippen LogP contribution in [0.15, 0.2) is 179 Å². The minimum Gasteiger partial charge on any atom is -0.436 e. The van der Waals surface area contributed by atoms with Crippen LogP contribution in [-0.4, -0.2) is 39.0 Å². The van der Waals surface area contributed by atoms with Gasteiger partial charge in [0, 0.05) is 33.0 Å². The van der Waals surface area contributed by atoms with Gasteiger partial charge in [0.1, 0.15) is 16.9 Å². The number of oxazole rings is 2. The van der Waals surface area contributed by atoms with Crippen molar-refractivity contribution in [3.8, 4) is 57.6 Å². The summed E-state index contributed by atoms with van der Waals surface area (Å²) in [5, 5.41) is 2.19. The fourth-order valence-electron chi connectivity index (χ4n) is 7.83. The number of hydrogen-bond acceptors (Lipinski definition) is 8. The zero-order chi connectivity index (χ0) is 38.2. The van der Waals surface area contributed by atoms with Crippen molar-refractivity contribution < 1.29 is 8.83 Å². The van der Waals surface area contributed by atoms with Gasteiger partial charge in [-0.25, -0.2) is 15.0 Å². The van der Waals surface area contributed by atoms with Crippen molar-refractivity contribution in [2.24, 2.45) is 0 Å². The van der Waals surface area contributed by atoms with Gasteiger partial charge in [-0.15, -0.1) is 0 Å². The molecule has 0 spiro atoms. The normalized spacial score (nSPS) is 11.8. The number of aromatic nitrogens is 8. The summed E-state index contributed by atoms with van der Waals surface area (Å²) in [4.78, 5) is 30.8. The summed E-state index contributed by atoms with van der Waals surface area (Å²) in [5.74, 6) is 2.89. The average molecular weight is 749 g/mol. The van der Waals surface area contributed by atoms with Gasteiger partial charge in [0.05, 0.1) is 22.1 Å². The van der Waals surface area contributed by atoms with Crippen molar-refractivity contribution in [3.63, 3.8) is 0 Å². The molecule has 12 aromatic rings. The Kier molecular flexibility index (Phi) is 6.99. The van der Waals surface area contributed by atoms with E-state index in [9.17, 15) is 0 Å². The third-order valence-corrected chi connectivity index (χ3v) is 10.5. The van der Waals surface area contributed by atoms with Gasteiger partial charge >= 0.3 is 0 Å². The summed E-state index contributed by atoms with van der Waals surface area (Å²) in [6.07, 6.45) is 0. The Labute approximate surface area is 329 Å². The lowest BCUT2D eigenvalue weighted by atomic mass is 10.0. The van der Waals surface area contributed by atoms with Crippen molar-refractivity contribution in [3.05, 3.63) is 170 Å². The molecule has 0 aliphatic heterocycles. The van der Waals surface area contributed by atoms with E-state index in [2.05, 4.69) is 41.0 Å². The second-order valence-corrected chi connectivity index (χ2v) is 14.0. The van der Waals surface area contributed by atoms with E-state index in [0.717, 1.165) is 49.4 Å². The predicted octanol–water partition coefficient (Wildman–Crippen LogP) is 11.3. The minimum absolute atomic E-state index is 0.407. The lowest BCUT2D eigenvalue weighted by molar-refractivity contribution is 0.617. The van der Waals surface area contributed by atoms with Crippen LogP contribution in [0.3, 0.4) is 0 Å². The molecule has 0 aliphatic rings. The minimum atomic E-state index is 0.407. The quantitative estimate of drug-likeness (QED) is 0.165. The lowest BCUT2D eigenvalue weighted by Gasteiger charge is -2.14. The van der Waals surface area contributed by atoms with E-state index in [1.54, 1.807) is 0 Å². The molecule has 0 saturated heterocycles. The van der Waals surface area contributed by atoms with E-state index >= 15 is 0 Å². The highest BCUT2D eigenvalue weighted by Crippen LogP contribution is 2.37. The molecule has 0 unspecified atom stereocenters. The SMILES string of the molecule is c1ccc(-c2nc3ccccc3n2-c2nc(-c3cc(-c4nc5ccccc5o4)cc(-c4nc5ccccc5o4)c3)nc(-n3c4ccccc4c4ccccc43)n2)cc1. The Hall–Kier alpha value is -8.24. The summed E-state index contributed by atoms with van der Waals surface area (Å²) >= 11 is 0. The Morgan fingerprint density at radius 2 is 0.828 bits per heavy atom. The van der Waals surface area contributed by atoms with E-state index < -0.39 is 0 Å². The molecule has 0 atom stereocenters. The van der Waals surface area contributed by atoms with E-state index in [-0.39, 0.29) is 0 Å². The molecule has 5 aromatic heterocycles. The van der Waals surface area contributed by atoms with Gasteiger partial charge < -0.3 is 8.83 Å². The maximum Gasteiger partial charge on any atom is 0.241 e. The van der Waals surface area contributed by atoms with Crippen molar-refractivity contribution in [1.29, 1.82) is 0 Å². The van der Waals surface area contributed by atoms with Crippen LogP contribution in [0, 0.1) is 0 Å². The molecule has 0 radical (unpaired) electrons. The Bertz CT molecular complexity index is 3330. The predicted molar refractivity (Wildman–Crippen MR) is 226 cm³/mol. The van der Waals surface area contributed by atoms with Crippen LogP contribution < -0.4 is 0 Å². The number of imidazole rings is 1. The summed E-state index contributed by atoms with van der Waals surface area (Å²) in [7, 11) is 0. The highest BCUT2D eigenvalue weighted by Gasteiger charge is 2.23.